The first-order valence-electron chi connectivity index (χ1n) is 15.1. The Labute approximate surface area is 256 Å². The van der Waals surface area contributed by atoms with E-state index in [2.05, 4.69) is 16.1 Å². The number of fused-ring (bicyclic) bond motifs is 1. The van der Waals surface area contributed by atoms with E-state index in [0.717, 1.165) is 66.8 Å². The van der Waals surface area contributed by atoms with Crippen LogP contribution in [0.5, 0.6) is 11.6 Å². The van der Waals surface area contributed by atoms with E-state index in [-0.39, 0.29) is 23.4 Å². The number of hydrogen-bond donors (Lipinski definition) is 1. The van der Waals surface area contributed by atoms with E-state index in [1.165, 1.54) is 24.4 Å². The van der Waals surface area contributed by atoms with Crippen LogP contribution >= 0.6 is 0 Å². The normalized spacial score (nSPS) is 16.8. The molecule has 2 aromatic heterocycles. The molecule has 2 aromatic carbocycles. The first-order chi connectivity index (χ1) is 21.4. The monoisotopic (exact) mass is 600 g/mol. The molecule has 6 rings (SSSR count). The maximum Gasteiger partial charge on any atom is 0.342 e. The Hall–Kier alpha value is -4.28. The number of carbonyl (C=O) groups is 1. The number of rotatable bonds is 10. The lowest BCUT2D eigenvalue weighted by molar-refractivity contribution is -0.00822. The van der Waals surface area contributed by atoms with Crippen molar-refractivity contribution in [1.82, 2.24) is 19.7 Å². The van der Waals surface area contributed by atoms with Gasteiger partial charge in [-0.2, -0.15) is 9.78 Å². The Morgan fingerprint density at radius 2 is 2.05 bits per heavy atom. The zero-order valence-corrected chi connectivity index (χ0v) is 25.1. The average molecular weight is 601 g/mol. The van der Waals surface area contributed by atoms with Crippen LogP contribution in [0.25, 0.3) is 17.1 Å². The molecule has 4 heterocycles. The summed E-state index contributed by atoms with van der Waals surface area (Å²) in [6.45, 7) is 5.57. The van der Waals surface area contributed by atoms with Gasteiger partial charge in [-0.15, -0.1) is 0 Å². The molecule has 44 heavy (non-hydrogen) atoms. The zero-order valence-electron chi connectivity index (χ0n) is 25.1. The van der Waals surface area contributed by atoms with E-state index in [0.29, 0.717) is 36.8 Å². The number of ether oxygens (including phenoxy) is 3. The van der Waals surface area contributed by atoms with Crippen LogP contribution in [-0.4, -0.2) is 70.3 Å². The molecule has 9 nitrogen and oxygen atoms in total. The number of benzene rings is 2. The summed E-state index contributed by atoms with van der Waals surface area (Å²) in [7, 11) is 1.40. The number of nitrogens with zero attached hydrogens (tertiary/aromatic N) is 4. The summed E-state index contributed by atoms with van der Waals surface area (Å²) in [6, 6.07) is 15.0. The number of aromatic carboxylic acids is 1. The van der Waals surface area contributed by atoms with Crippen molar-refractivity contribution in [3.63, 3.8) is 0 Å². The molecule has 0 spiro atoms. The number of carboxylic acids is 1. The molecule has 230 valence electrons. The quantitative estimate of drug-likeness (QED) is 0.250. The van der Waals surface area contributed by atoms with Crippen molar-refractivity contribution in [2.45, 2.75) is 51.7 Å². The fraction of sp³-hybridized carbons (Fsp3) is 0.382. The van der Waals surface area contributed by atoms with Crippen molar-refractivity contribution < 1.29 is 28.5 Å². The van der Waals surface area contributed by atoms with E-state index in [9.17, 15) is 9.90 Å². The number of methoxy groups -OCH3 is 1. The van der Waals surface area contributed by atoms with Crippen molar-refractivity contribution in [3.8, 4) is 28.7 Å². The van der Waals surface area contributed by atoms with Crippen LogP contribution in [0.3, 0.4) is 0 Å². The Balaban J connectivity index is 1.15. The maximum absolute atomic E-state index is 15.3. The molecule has 1 N–H and O–H groups in total. The SMILES string of the molecule is COc1c(C(=O)O)cnn1-c1cccc(-c2cccc(C)c2OCCc2cc(F)c3c(c2)CCN(C[C@H]2CCCCO2)C3)n1. The fourth-order valence-electron chi connectivity index (χ4n) is 6.13. The summed E-state index contributed by atoms with van der Waals surface area (Å²) in [6.07, 6.45) is 6.31. The summed E-state index contributed by atoms with van der Waals surface area (Å²) in [5.74, 6) is -0.0943. The smallest absolute Gasteiger partial charge is 0.342 e. The van der Waals surface area contributed by atoms with Crippen LogP contribution in [0.2, 0.25) is 0 Å². The zero-order chi connectivity index (χ0) is 30.6. The van der Waals surface area contributed by atoms with E-state index < -0.39 is 5.97 Å². The minimum atomic E-state index is -1.14. The minimum Gasteiger partial charge on any atom is -0.492 e. The van der Waals surface area contributed by atoms with Crippen LogP contribution in [0.15, 0.2) is 54.7 Å². The van der Waals surface area contributed by atoms with Crippen LogP contribution in [-0.2, 0) is 24.1 Å². The molecule has 0 amide bonds. The summed E-state index contributed by atoms with van der Waals surface area (Å²) in [5, 5.41) is 13.6. The van der Waals surface area contributed by atoms with E-state index >= 15 is 4.39 Å². The molecular weight excluding hydrogens is 563 g/mol. The highest BCUT2D eigenvalue weighted by molar-refractivity contribution is 5.90. The lowest BCUT2D eigenvalue weighted by Crippen LogP contribution is -2.39. The number of para-hydroxylation sites is 1. The summed E-state index contributed by atoms with van der Waals surface area (Å²) >= 11 is 0. The second kappa shape index (κ2) is 13.2. The molecule has 1 saturated heterocycles. The van der Waals surface area contributed by atoms with Gasteiger partial charge >= 0.3 is 5.97 Å². The van der Waals surface area contributed by atoms with Gasteiger partial charge in [-0.25, -0.2) is 14.2 Å². The predicted octanol–water partition coefficient (Wildman–Crippen LogP) is 5.64. The predicted molar refractivity (Wildman–Crippen MR) is 163 cm³/mol. The summed E-state index contributed by atoms with van der Waals surface area (Å²) in [5.41, 5.74) is 5.11. The molecule has 4 aromatic rings. The minimum absolute atomic E-state index is 0.0516. The van der Waals surface area contributed by atoms with Crippen molar-refractivity contribution in [3.05, 3.63) is 88.4 Å². The molecular formula is C34H37FN4O5. The second-order valence-electron chi connectivity index (χ2n) is 11.4. The van der Waals surface area contributed by atoms with Gasteiger partial charge in [0.25, 0.3) is 0 Å². The van der Waals surface area contributed by atoms with Crippen LogP contribution in [0.1, 0.15) is 51.9 Å². The lowest BCUT2D eigenvalue weighted by atomic mass is 9.95. The van der Waals surface area contributed by atoms with Crippen LogP contribution in [0.4, 0.5) is 4.39 Å². The number of aromatic nitrogens is 3. The number of pyridine rings is 1. The second-order valence-corrected chi connectivity index (χ2v) is 11.4. The van der Waals surface area contributed by atoms with Crippen molar-refractivity contribution >= 4 is 5.97 Å². The molecule has 1 atom stereocenters. The third-order valence-corrected chi connectivity index (χ3v) is 8.39. The van der Waals surface area contributed by atoms with Gasteiger partial charge in [0, 0.05) is 43.8 Å². The first-order valence-corrected chi connectivity index (χ1v) is 15.1. The molecule has 2 aliphatic rings. The standard InChI is InChI=1S/C34H37FN4O5/c1-22-7-5-9-26(30-10-6-11-31(37-30)39-33(42-2)27(19-36-39)34(40)41)32(22)44-16-13-23-17-24-12-14-38(21-28(24)29(35)18-23)20-25-8-3-4-15-43-25/h5-7,9-11,17-19,25H,3-4,8,12-16,20-21H2,1-2H3,(H,40,41)/t25-/m1/s1. The Bertz CT molecular complexity index is 1650. The van der Waals surface area contributed by atoms with Gasteiger partial charge in [-0.05, 0) is 73.6 Å². The molecule has 0 saturated carbocycles. The number of carboxylic acid groups (broad SMARTS) is 1. The van der Waals surface area contributed by atoms with Gasteiger partial charge < -0.3 is 19.3 Å². The van der Waals surface area contributed by atoms with E-state index in [4.69, 9.17) is 19.2 Å². The number of aryl methyl sites for hydroxylation is 1. The molecule has 0 radical (unpaired) electrons. The highest BCUT2D eigenvalue weighted by atomic mass is 19.1. The first kappa shape index (κ1) is 29.8. The van der Waals surface area contributed by atoms with E-state index in [1.54, 1.807) is 12.1 Å². The van der Waals surface area contributed by atoms with Gasteiger partial charge in [-0.3, -0.25) is 4.90 Å². The third-order valence-electron chi connectivity index (χ3n) is 8.39. The third kappa shape index (κ3) is 6.32. The molecule has 0 bridgehead atoms. The summed E-state index contributed by atoms with van der Waals surface area (Å²) in [4.78, 5) is 18.6. The fourth-order valence-corrected chi connectivity index (χ4v) is 6.13. The summed E-state index contributed by atoms with van der Waals surface area (Å²) < 4.78 is 34.2. The molecule has 0 aliphatic carbocycles. The van der Waals surface area contributed by atoms with Gasteiger partial charge in [-0.1, -0.05) is 24.3 Å². The molecule has 1 fully saturated rings. The van der Waals surface area contributed by atoms with Crippen molar-refractivity contribution in [2.75, 3.05) is 33.4 Å². The average Bonchev–Trinajstić information content (AvgIpc) is 3.48. The van der Waals surface area contributed by atoms with Crippen LogP contribution < -0.4 is 9.47 Å². The van der Waals surface area contributed by atoms with Gasteiger partial charge in [0.05, 0.1) is 31.7 Å². The Kier molecular flexibility index (Phi) is 8.90. The van der Waals surface area contributed by atoms with Crippen molar-refractivity contribution in [2.24, 2.45) is 0 Å². The number of hydrogen-bond acceptors (Lipinski definition) is 7. The molecule has 0 unspecified atom stereocenters. The van der Waals surface area contributed by atoms with Crippen molar-refractivity contribution in [1.29, 1.82) is 0 Å². The van der Waals surface area contributed by atoms with Gasteiger partial charge in [0.15, 0.2) is 5.82 Å². The van der Waals surface area contributed by atoms with Gasteiger partial charge in [0.2, 0.25) is 5.88 Å². The van der Waals surface area contributed by atoms with E-state index in [1.807, 2.05) is 37.3 Å². The molecule has 2 aliphatic heterocycles. The molecule has 10 heteroatoms. The Morgan fingerprint density at radius 3 is 2.84 bits per heavy atom. The highest BCUT2D eigenvalue weighted by Gasteiger charge is 2.24. The van der Waals surface area contributed by atoms with Crippen LogP contribution in [0, 0.1) is 12.7 Å². The maximum atomic E-state index is 15.3. The highest BCUT2D eigenvalue weighted by Crippen LogP contribution is 2.33. The topological polar surface area (TPSA) is 98.9 Å². The number of halogens is 1. The van der Waals surface area contributed by atoms with Gasteiger partial charge in [0.1, 0.15) is 17.1 Å². The largest absolute Gasteiger partial charge is 0.492 e. The lowest BCUT2D eigenvalue weighted by Gasteiger charge is -2.33. The Morgan fingerprint density at radius 1 is 1.18 bits per heavy atom.